The van der Waals surface area contributed by atoms with Crippen LogP contribution in [0.15, 0.2) is 30.3 Å². The monoisotopic (exact) mass is 410 g/mol. The zero-order chi connectivity index (χ0) is 20.7. The van der Waals surface area contributed by atoms with E-state index >= 15 is 0 Å². The molecule has 7 atom stereocenters. The third-order valence-electron chi connectivity index (χ3n) is 9.25. The molecule has 4 nitrogen and oxygen atoms in total. The van der Waals surface area contributed by atoms with Gasteiger partial charge in [0.25, 0.3) is 0 Å². The molecule has 0 aliphatic heterocycles. The summed E-state index contributed by atoms with van der Waals surface area (Å²) in [6, 6.07) is 9.16. The summed E-state index contributed by atoms with van der Waals surface area (Å²) in [6.45, 7) is 0.388. The third-order valence-corrected chi connectivity index (χ3v) is 9.25. The van der Waals surface area contributed by atoms with Crippen molar-refractivity contribution in [1.82, 2.24) is 0 Å². The summed E-state index contributed by atoms with van der Waals surface area (Å²) in [6.07, 6.45) is 9.75. The molecule has 4 unspecified atom stereocenters. The van der Waals surface area contributed by atoms with E-state index in [0.29, 0.717) is 41.6 Å². The molecule has 0 aromatic heterocycles. The van der Waals surface area contributed by atoms with Crippen molar-refractivity contribution in [1.29, 1.82) is 0 Å². The number of aliphatic hydroxyl groups is 1. The first-order valence-electron chi connectivity index (χ1n) is 12.0. The number of carbonyl (C=O) groups is 2. The average Bonchev–Trinajstić information content (AvgIpc) is 3.10. The quantitative estimate of drug-likeness (QED) is 0.725. The summed E-state index contributed by atoms with van der Waals surface area (Å²) in [5.74, 6) is 3.47. The van der Waals surface area contributed by atoms with Crippen LogP contribution in [0.25, 0.3) is 0 Å². The Balaban J connectivity index is 1.27. The maximum atomic E-state index is 12.4. The molecule has 1 N–H and O–H groups in total. The van der Waals surface area contributed by atoms with Gasteiger partial charge in [0, 0.05) is 18.3 Å². The van der Waals surface area contributed by atoms with E-state index in [0.717, 1.165) is 50.9 Å². The second-order valence-corrected chi connectivity index (χ2v) is 10.3. The van der Waals surface area contributed by atoms with E-state index < -0.39 is 0 Å². The molecule has 1 aromatic carbocycles. The molecule has 4 aliphatic carbocycles. The fraction of sp³-hybridized carbons (Fsp3) is 0.692. The zero-order valence-corrected chi connectivity index (χ0v) is 17.8. The van der Waals surface area contributed by atoms with Crippen LogP contribution < -0.4 is 0 Å². The highest BCUT2D eigenvalue weighted by atomic mass is 16.5. The summed E-state index contributed by atoms with van der Waals surface area (Å²) < 4.78 is 5.63. The van der Waals surface area contributed by atoms with E-state index in [1.54, 1.807) is 12.1 Å². The lowest BCUT2D eigenvalue weighted by Crippen LogP contribution is -2.51. The second-order valence-electron chi connectivity index (χ2n) is 10.3. The van der Waals surface area contributed by atoms with Crippen molar-refractivity contribution in [2.24, 2.45) is 35.0 Å². The Labute approximate surface area is 179 Å². The van der Waals surface area contributed by atoms with Gasteiger partial charge >= 0.3 is 5.97 Å². The molecule has 4 saturated carbocycles. The van der Waals surface area contributed by atoms with Gasteiger partial charge in [0.05, 0.1) is 18.3 Å². The highest BCUT2D eigenvalue weighted by Gasteiger charge is 2.58. The van der Waals surface area contributed by atoms with E-state index in [-0.39, 0.29) is 17.5 Å². The SMILES string of the molecule is O=C1CCC2C3CC[C@@]4(CCOC(=O)c5ccccc5)C(CC[C@@H]4O)C3CC[C@H]2C1. The molecule has 162 valence electrons. The van der Waals surface area contributed by atoms with Gasteiger partial charge in [-0.05, 0) is 93.1 Å². The van der Waals surface area contributed by atoms with Gasteiger partial charge in [0.1, 0.15) is 5.78 Å². The van der Waals surface area contributed by atoms with Crippen LogP contribution in [0.1, 0.15) is 74.6 Å². The molecular formula is C26H34O4. The minimum Gasteiger partial charge on any atom is -0.462 e. The summed E-state index contributed by atoms with van der Waals surface area (Å²) in [7, 11) is 0. The van der Waals surface area contributed by atoms with Gasteiger partial charge in [-0.1, -0.05) is 18.2 Å². The number of ether oxygens (including phenoxy) is 1. The largest absolute Gasteiger partial charge is 0.462 e. The summed E-state index contributed by atoms with van der Waals surface area (Å²) in [5, 5.41) is 11.0. The van der Waals surface area contributed by atoms with Gasteiger partial charge in [0.2, 0.25) is 0 Å². The van der Waals surface area contributed by atoms with E-state index in [4.69, 9.17) is 4.74 Å². The topological polar surface area (TPSA) is 63.6 Å². The molecule has 4 fully saturated rings. The van der Waals surface area contributed by atoms with E-state index in [2.05, 4.69) is 0 Å². The van der Waals surface area contributed by atoms with Crippen molar-refractivity contribution in [3.63, 3.8) is 0 Å². The van der Waals surface area contributed by atoms with Crippen molar-refractivity contribution in [3.8, 4) is 0 Å². The Morgan fingerprint density at radius 3 is 2.67 bits per heavy atom. The lowest BCUT2D eigenvalue weighted by molar-refractivity contribution is -0.130. The van der Waals surface area contributed by atoms with Crippen LogP contribution in [0, 0.1) is 35.0 Å². The van der Waals surface area contributed by atoms with E-state index in [9.17, 15) is 14.7 Å². The van der Waals surface area contributed by atoms with E-state index in [1.807, 2.05) is 18.2 Å². The lowest BCUT2D eigenvalue weighted by atomic mass is 9.49. The van der Waals surface area contributed by atoms with Crippen LogP contribution in [0.3, 0.4) is 0 Å². The molecule has 4 aliphatic rings. The first-order chi connectivity index (χ1) is 14.6. The molecule has 0 saturated heterocycles. The maximum Gasteiger partial charge on any atom is 0.338 e. The molecule has 5 rings (SSSR count). The van der Waals surface area contributed by atoms with Crippen molar-refractivity contribution >= 4 is 11.8 Å². The number of fused-ring (bicyclic) bond motifs is 5. The van der Waals surface area contributed by atoms with Crippen LogP contribution in [-0.2, 0) is 9.53 Å². The number of hydrogen-bond acceptors (Lipinski definition) is 4. The maximum absolute atomic E-state index is 12.4. The average molecular weight is 411 g/mol. The molecule has 0 spiro atoms. The summed E-state index contributed by atoms with van der Waals surface area (Å²) in [4.78, 5) is 24.3. The minimum absolute atomic E-state index is 0.0878. The number of rotatable bonds is 4. The molecule has 30 heavy (non-hydrogen) atoms. The van der Waals surface area contributed by atoms with Gasteiger partial charge in [-0.2, -0.15) is 0 Å². The summed E-state index contributed by atoms with van der Waals surface area (Å²) >= 11 is 0. The number of benzene rings is 1. The third kappa shape index (κ3) is 3.41. The highest BCUT2D eigenvalue weighted by molar-refractivity contribution is 5.89. The number of carbonyl (C=O) groups excluding carboxylic acids is 2. The predicted molar refractivity (Wildman–Crippen MR) is 114 cm³/mol. The van der Waals surface area contributed by atoms with Crippen LogP contribution in [-0.4, -0.2) is 29.6 Å². The van der Waals surface area contributed by atoms with Crippen LogP contribution >= 0.6 is 0 Å². The smallest absolute Gasteiger partial charge is 0.338 e. The molecule has 0 radical (unpaired) electrons. The molecular weight excluding hydrogens is 376 g/mol. The Hall–Kier alpha value is -1.68. The van der Waals surface area contributed by atoms with Gasteiger partial charge in [-0.15, -0.1) is 0 Å². The van der Waals surface area contributed by atoms with Crippen LogP contribution in [0.4, 0.5) is 0 Å². The number of Topliss-reactive ketones (excluding diaryl/α,β-unsaturated/α-hetero) is 1. The van der Waals surface area contributed by atoms with Crippen LogP contribution in [0.2, 0.25) is 0 Å². The molecule has 0 amide bonds. The first kappa shape index (κ1) is 20.2. The minimum atomic E-state index is -0.274. The number of aliphatic hydroxyl groups excluding tert-OH is 1. The van der Waals surface area contributed by atoms with Gasteiger partial charge in [0.15, 0.2) is 0 Å². The Bertz CT molecular complexity index is 789. The van der Waals surface area contributed by atoms with Crippen molar-refractivity contribution in [2.45, 2.75) is 70.3 Å². The van der Waals surface area contributed by atoms with E-state index in [1.165, 1.54) is 19.3 Å². The highest BCUT2D eigenvalue weighted by Crippen LogP contribution is 2.63. The lowest BCUT2D eigenvalue weighted by Gasteiger charge is -2.56. The zero-order valence-electron chi connectivity index (χ0n) is 17.8. The normalized spacial score (nSPS) is 40.2. The summed E-state index contributed by atoms with van der Waals surface area (Å²) in [5.41, 5.74) is 0.502. The Kier molecular flexibility index (Phi) is 5.47. The Morgan fingerprint density at radius 1 is 1.00 bits per heavy atom. The number of ketones is 1. The van der Waals surface area contributed by atoms with Crippen molar-refractivity contribution < 1.29 is 19.4 Å². The predicted octanol–water partition coefficient (Wildman–Crippen LogP) is 4.80. The molecule has 4 heteroatoms. The van der Waals surface area contributed by atoms with Crippen molar-refractivity contribution in [2.75, 3.05) is 6.61 Å². The first-order valence-corrected chi connectivity index (χ1v) is 12.0. The standard InChI is InChI=1S/C26H34O4/c27-19-7-9-20-18(16-19)6-8-22-21(20)12-13-26(23(22)10-11-24(26)28)14-15-30-25(29)17-4-2-1-3-5-17/h1-5,18,20-24,28H,6-16H2/t18-,20?,21?,22?,23?,24-,26+/m0/s1. The van der Waals surface area contributed by atoms with Crippen molar-refractivity contribution in [3.05, 3.63) is 35.9 Å². The fourth-order valence-corrected chi connectivity index (χ4v) is 7.91. The molecule has 0 heterocycles. The van der Waals surface area contributed by atoms with Gasteiger partial charge in [-0.3, -0.25) is 4.79 Å². The number of esters is 1. The number of hydrogen-bond donors (Lipinski definition) is 1. The Morgan fingerprint density at radius 2 is 1.83 bits per heavy atom. The van der Waals surface area contributed by atoms with Gasteiger partial charge in [-0.25, -0.2) is 4.79 Å². The fourth-order valence-electron chi connectivity index (χ4n) is 7.91. The van der Waals surface area contributed by atoms with Crippen LogP contribution in [0.5, 0.6) is 0 Å². The molecule has 0 bridgehead atoms. The van der Waals surface area contributed by atoms with Gasteiger partial charge < -0.3 is 9.84 Å². The molecule has 1 aromatic rings. The second kappa shape index (κ2) is 8.11.